The van der Waals surface area contributed by atoms with E-state index in [0.717, 1.165) is 63.7 Å². The first-order valence-corrected chi connectivity index (χ1v) is 9.52. The van der Waals surface area contributed by atoms with Crippen LogP contribution in [0.3, 0.4) is 0 Å². The van der Waals surface area contributed by atoms with Gasteiger partial charge in [0.15, 0.2) is 5.96 Å². The van der Waals surface area contributed by atoms with Crippen molar-refractivity contribution in [3.05, 3.63) is 0 Å². The van der Waals surface area contributed by atoms with E-state index in [-0.39, 0.29) is 5.54 Å². The highest BCUT2D eigenvalue weighted by Crippen LogP contribution is 2.47. The molecular weight excluding hydrogens is 304 g/mol. The van der Waals surface area contributed by atoms with E-state index in [1.54, 1.807) is 0 Å². The molecule has 4 aliphatic heterocycles. The molecule has 2 bridgehead atoms. The molecule has 4 aliphatic rings. The molecule has 1 N–H and O–H groups in total. The third-order valence-corrected chi connectivity index (χ3v) is 6.45. The number of likely N-dealkylation sites (tertiary alicyclic amines) is 1. The van der Waals surface area contributed by atoms with Gasteiger partial charge in [-0.05, 0) is 26.7 Å². The maximum Gasteiger partial charge on any atom is 0.193 e. The highest BCUT2D eigenvalue weighted by Gasteiger charge is 2.53. The summed E-state index contributed by atoms with van der Waals surface area (Å²) < 4.78 is 11.7. The second-order valence-electron chi connectivity index (χ2n) is 8.35. The first-order chi connectivity index (χ1) is 11.6. The SMILES string of the molecule is CN=C(NCCN1CCOCC1(C)C)N1CC2C3CCC(O3)C2C1. The van der Waals surface area contributed by atoms with E-state index in [9.17, 15) is 0 Å². The summed E-state index contributed by atoms with van der Waals surface area (Å²) in [5, 5.41) is 3.59. The van der Waals surface area contributed by atoms with Crippen LogP contribution in [0.15, 0.2) is 4.99 Å². The van der Waals surface area contributed by atoms with Gasteiger partial charge in [-0.3, -0.25) is 9.89 Å². The van der Waals surface area contributed by atoms with Crippen LogP contribution in [0.25, 0.3) is 0 Å². The van der Waals surface area contributed by atoms with E-state index in [1.165, 1.54) is 12.8 Å². The average molecular weight is 336 g/mol. The highest BCUT2D eigenvalue weighted by atomic mass is 16.5. The predicted molar refractivity (Wildman–Crippen MR) is 94.3 cm³/mol. The zero-order valence-corrected chi connectivity index (χ0v) is 15.3. The number of rotatable bonds is 3. The molecule has 6 nitrogen and oxygen atoms in total. The van der Waals surface area contributed by atoms with Crippen LogP contribution >= 0.6 is 0 Å². The summed E-state index contributed by atoms with van der Waals surface area (Å²) in [6.45, 7) is 11.4. The average Bonchev–Trinajstić information content (AvgIpc) is 3.25. The van der Waals surface area contributed by atoms with Crippen LogP contribution in [0.5, 0.6) is 0 Å². The zero-order chi connectivity index (χ0) is 16.7. The van der Waals surface area contributed by atoms with Crippen molar-refractivity contribution in [1.82, 2.24) is 15.1 Å². The van der Waals surface area contributed by atoms with Gasteiger partial charge in [-0.2, -0.15) is 0 Å². The fraction of sp³-hybridized carbons (Fsp3) is 0.944. The van der Waals surface area contributed by atoms with Gasteiger partial charge in [0.1, 0.15) is 0 Å². The van der Waals surface area contributed by atoms with Crippen LogP contribution < -0.4 is 5.32 Å². The molecule has 4 heterocycles. The molecule has 4 rings (SSSR count). The quantitative estimate of drug-likeness (QED) is 0.610. The fourth-order valence-electron chi connectivity index (χ4n) is 5.07. The smallest absolute Gasteiger partial charge is 0.193 e. The van der Waals surface area contributed by atoms with Crippen molar-refractivity contribution in [1.29, 1.82) is 0 Å². The van der Waals surface area contributed by atoms with Crippen molar-refractivity contribution < 1.29 is 9.47 Å². The number of nitrogens with one attached hydrogen (secondary N) is 1. The molecule has 4 unspecified atom stereocenters. The summed E-state index contributed by atoms with van der Waals surface area (Å²) in [5.41, 5.74) is 0.130. The lowest BCUT2D eigenvalue weighted by molar-refractivity contribution is -0.0496. The third kappa shape index (κ3) is 2.93. The molecule has 4 saturated heterocycles. The van der Waals surface area contributed by atoms with Crippen molar-refractivity contribution >= 4 is 5.96 Å². The molecule has 0 spiro atoms. The van der Waals surface area contributed by atoms with Crippen molar-refractivity contribution in [3.63, 3.8) is 0 Å². The summed E-state index contributed by atoms with van der Waals surface area (Å²) in [6, 6.07) is 0. The van der Waals surface area contributed by atoms with Crippen LogP contribution in [0.1, 0.15) is 26.7 Å². The predicted octanol–water partition coefficient (Wildman–Crippen LogP) is 0.782. The van der Waals surface area contributed by atoms with E-state index < -0.39 is 0 Å². The number of hydrogen-bond donors (Lipinski definition) is 1. The molecular formula is C18H32N4O2. The summed E-state index contributed by atoms with van der Waals surface area (Å²) in [6.07, 6.45) is 3.55. The summed E-state index contributed by atoms with van der Waals surface area (Å²) in [7, 11) is 1.90. The topological polar surface area (TPSA) is 49.3 Å². The van der Waals surface area contributed by atoms with Gasteiger partial charge in [-0.15, -0.1) is 0 Å². The fourth-order valence-corrected chi connectivity index (χ4v) is 5.07. The number of aliphatic imine (C=N–C) groups is 1. The Labute approximate surface area is 145 Å². The Morgan fingerprint density at radius 3 is 2.54 bits per heavy atom. The van der Waals surface area contributed by atoms with Crippen molar-refractivity contribution in [3.8, 4) is 0 Å². The zero-order valence-electron chi connectivity index (χ0n) is 15.3. The normalized spacial score (nSPS) is 38.6. The largest absolute Gasteiger partial charge is 0.378 e. The number of hydrogen-bond acceptors (Lipinski definition) is 4. The summed E-state index contributed by atoms with van der Waals surface area (Å²) in [5.74, 6) is 2.51. The van der Waals surface area contributed by atoms with Crippen molar-refractivity contribution in [2.75, 3.05) is 53.0 Å². The highest BCUT2D eigenvalue weighted by molar-refractivity contribution is 5.80. The summed E-state index contributed by atoms with van der Waals surface area (Å²) in [4.78, 5) is 9.50. The van der Waals surface area contributed by atoms with Crippen LogP contribution in [0, 0.1) is 11.8 Å². The van der Waals surface area contributed by atoms with Gasteiger partial charge in [0.05, 0.1) is 25.4 Å². The molecule has 0 aromatic rings. The van der Waals surface area contributed by atoms with Gasteiger partial charge in [0.25, 0.3) is 0 Å². The second kappa shape index (κ2) is 6.46. The Balaban J connectivity index is 1.28. The van der Waals surface area contributed by atoms with Gasteiger partial charge < -0.3 is 19.7 Å². The molecule has 4 atom stereocenters. The minimum atomic E-state index is 0.130. The van der Waals surface area contributed by atoms with Crippen molar-refractivity contribution in [2.45, 2.75) is 44.4 Å². The van der Waals surface area contributed by atoms with Crippen molar-refractivity contribution in [2.24, 2.45) is 16.8 Å². The molecule has 4 fully saturated rings. The number of nitrogens with zero attached hydrogens (tertiary/aromatic N) is 3. The molecule has 0 saturated carbocycles. The van der Waals surface area contributed by atoms with E-state index in [1.807, 2.05) is 7.05 Å². The minimum absolute atomic E-state index is 0.130. The minimum Gasteiger partial charge on any atom is -0.378 e. The Hall–Kier alpha value is -0.850. The molecule has 136 valence electrons. The summed E-state index contributed by atoms with van der Waals surface area (Å²) >= 11 is 0. The molecule has 0 radical (unpaired) electrons. The molecule has 0 amide bonds. The van der Waals surface area contributed by atoms with Crippen LogP contribution in [-0.4, -0.2) is 86.5 Å². The molecule has 24 heavy (non-hydrogen) atoms. The Bertz CT molecular complexity index is 477. The number of guanidine groups is 1. The van der Waals surface area contributed by atoms with E-state index in [0.29, 0.717) is 12.2 Å². The van der Waals surface area contributed by atoms with Crippen LogP contribution in [0.4, 0.5) is 0 Å². The lowest BCUT2D eigenvalue weighted by Gasteiger charge is -2.42. The maximum absolute atomic E-state index is 6.08. The second-order valence-corrected chi connectivity index (χ2v) is 8.35. The number of ether oxygens (including phenoxy) is 2. The molecule has 0 aromatic heterocycles. The first-order valence-electron chi connectivity index (χ1n) is 9.52. The molecule has 6 heteroatoms. The number of morpholine rings is 1. The van der Waals surface area contributed by atoms with Crippen LogP contribution in [-0.2, 0) is 9.47 Å². The van der Waals surface area contributed by atoms with Gasteiger partial charge in [-0.25, -0.2) is 0 Å². The van der Waals surface area contributed by atoms with E-state index >= 15 is 0 Å². The van der Waals surface area contributed by atoms with Crippen LogP contribution in [0.2, 0.25) is 0 Å². The molecule has 0 aliphatic carbocycles. The monoisotopic (exact) mass is 336 g/mol. The van der Waals surface area contributed by atoms with Gasteiger partial charge in [-0.1, -0.05) is 0 Å². The third-order valence-electron chi connectivity index (χ3n) is 6.45. The van der Waals surface area contributed by atoms with Gasteiger partial charge in [0.2, 0.25) is 0 Å². The first kappa shape index (κ1) is 16.6. The Kier molecular flexibility index (Phi) is 4.47. The van der Waals surface area contributed by atoms with E-state index in [4.69, 9.17) is 9.47 Å². The van der Waals surface area contributed by atoms with Gasteiger partial charge in [0, 0.05) is 57.1 Å². The Morgan fingerprint density at radius 2 is 1.92 bits per heavy atom. The number of fused-ring (bicyclic) bond motifs is 5. The maximum atomic E-state index is 6.08. The molecule has 0 aromatic carbocycles. The standard InChI is InChI=1S/C18H32N4O2/c1-18(2)12-23-9-8-22(18)7-6-20-17(19-3)21-10-13-14(11-21)16-5-4-15(13)24-16/h13-16H,4-12H2,1-3H3,(H,19,20). The lowest BCUT2D eigenvalue weighted by atomic mass is 9.82. The van der Waals surface area contributed by atoms with E-state index in [2.05, 4.69) is 34.0 Å². The Morgan fingerprint density at radius 1 is 1.21 bits per heavy atom. The lowest BCUT2D eigenvalue weighted by Crippen LogP contribution is -2.55. The van der Waals surface area contributed by atoms with Gasteiger partial charge >= 0.3 is 0 Å².